The van der Waals surface area contributed by atoms with Gasteiger partial charge in [-0.3, -0.25) is 0 Å². The van der Waals surface area contributed by atoms with Crippen LogP contribution in [0.15, 0.2) is 12.2 Å². The number of hydrogen-bond donors (Lipinski definition) is 4. The van der Waals surface area contributed by atoms with Crippen molar-refractivity contribution in [3.8, 4) is 0 Å². The van der Waals surface area contributed by atoms with Gasteiger partial charge in [-0.1, -0.05) is 34.3 Å². The summed E-state index contributed by atoms with van der Waals surface area (Å²) >= 11 is 0. The largest absolute Gasteiger partial charge is 0.392 e. The Hall–Kier alpha value is -0.420. The Morgan fingerprint density at radius 2 is 1.67 bits per heavy atom. The van der Waals surface area contributed by atoms with Crippen molar-refractivity contribution in [1.29, 1.82) is 0 Å². The molecule has 3 rings (SSSR count). The average Bonchev–Trinajstić information content (AvgIpc) is 2.66. The van der Waals surface area contributed by atoms with E-state index in [0.29, 0.717) is 44.9 Å². The molecule has 3 aliphatic rings. The molecule has 24 heavy (non-hydrogen) atoms. The van der Waals surface area contributed by atoms with E-state index in [2.05, 4.69) is 6.58 Å². The molecule has 4 N–H and O–H groups in total. The maximum absolute atomic E-state index is 11.7. The number of hydrogen-bond acceptors (Lipinski definition) is 4. The second-order valence-corrected chi connectivity index (χ2v) is 9.61. The zero-order valence-corrected chi connectivity index (χ0v) is 15.6. The third kappa shape index (κ3) is 1.89. The van der Waals surface area contributed by atoms with Crippen LogP contribution in [0.3, 0.4) is 0 Å². The highest BCUT2D eigenvalue weighted by molar-refractivity contribution is 5.30. The molecule has 0 aromatic carbocycles. The number of aliphatic hydroxyl groups is 4. The van der Waals surface area contributed by atoms with Crippen LogP contribution >= 0.6 is 0 Å². The highest BCUT2D eigenvalue weighted by atomic mass is 16.4. The Balaban J connectivity index is 2.13. The Morgan fingerprint density at radius 3 is 2.25 bits per heavy atom. The first kappa shape index (κ1) is 18.4. The molecule has 3 aliphatic carbocycles. The first-order valence-corrected chi connectivity index (χ1v) is 9.40. The molecule has 0 saturated heterocycles. The van der Waals surface area contributed by atoms with E-state index in [-0.39, 0.29) is 5.92 Å². The predicted molar refractivity (Wildman–Crippen MR) is 93.4 cm³/mol. The zero-order valence-electron chi connectivity index (χ0n) is 15.6. The minimum absolute atomic E-state index is 0.0694. The smallest absolute Gasteiger partial charge is 0.0990 e. The van der Waals surface area contributed by atoms with Crippen LogP contribution in [0.4, 0.5) is 0 Å². The van der Waals surface area contributed by atoms with E-state index in [0.717, 1.165) is 5.57 Å². The van der Waals surface area contributed by atoms with Gasteiger partial charge < -0.3 is 20.4 Å². The Kier molecular flexibility index (Phi) is 3.87. The molecule has 0 aliphatic heterocycles. The number of aliphatic hydroxyl groups excluding tert-OH is 1. The lowest BCUT2D eigenvalue weighted by Crippen LogP contribution is -2.61. The summed E-state index contributed by atoms with van der Waals surface area (Å²) in [7, 11) is 0. The SMILES string of the molecule is C=C1CCC(O)C2(C)CCC3(O)C(C)(CCC3(O)C(C)C)CC12O. The summed E-state index contributed by atoms with van der Waals surface area (Å²) in [6, 6.07) is 0. The van der Waals surface area contributed by atoms with Gasteiger partial charge in [-0.15, -0.1) is 0 Å². The maximum Gasteiger partial charge on any atom is 0.0990 e. The van der Waals surface area contributed by atoms with Crippen molar-refractivity contribution in [2.24, 2.45) is 16.7 Å². The minimum Gasteiger partial charge on any atom is -0.392 e. The summed E-state index contributed by atoms with van der Waals surface area (Å²) < 4.78 is 0. The summed E-state index contributed by atoms with van der Waals surface area (Å²) in [5.74, 6) is -0.0694. The summed E-state index contributed by atoms with van der Waals surface area (Å²) in [4.78, 5) is 0. The molecule has 0 amide bonds. The van der Waals surface area contributed by atoms with Gasteiger partial charge in [0.15, 0.2) is 0 Å². The fraction of sp³-hybridized carbons (Fsp3) is 0.900. The van der Waals surface area contributed by atoms with Crippen molar-refractivity contribution in [3.63, 3.8) is 0 Å². The molecule has 138 valence electrons. The van der Waals surface area contributed by atoms with Gasteiger partial charge in [0.05, 0.1) is 22.9 Å². The quantitative estimate of drug-likeness (QED) is 0.554. The van der Waals surface area contributed by atoms with Gasteiger partial charge in [-0.05, 0) is 56.4 Å². The minimum atomic E-state index is -1.26. The molecule has 0 radical (unpaired) electrons. The second-order valence-electron chi connectivity index (χ2n) is 9.61. The van der Waals surface area contributed by atoms with E-state index in [1.54, 1.807) is 0 Å². The molecule has 0 aromatic heterocycles. The lowest BCUT2D eigenvalue weighted by atomic mass is 9.56. The third-order valence-corrected chi connectivity index (χ3v) is 8.36. The van der Waals surface area contributed by atoms with Gasteiger partial charge in [0.2, 0.25) is 0 Å². The van der Waals surface area contributed by atoms with Gasteiger partial charge in [-0.2, -0.15) is 0 Å². The number of fused-ring (bicyclic) bond motifs is 2. The molecule has 0 aromatic rings. The molecular formula is C20H34O4. The molecule has 6 unspecified atom stereocenters. The van der Waals surface area contributed by atoms with Crippen LogP contribution in [0.25, 0.3) is 0 Å². The van der Waals surface area contributed by atoms with E-state index in [9.17, 15) is 20.4 Å². The zero-order chi connectivity index (χ0) is 18.2. The Morgan fingerprint density at radius 1 is 1.04 bits per heavy atom. The van der Waals surface area contributed by atoms with Crippen LogP contribution in [0, 0.1) is 16.7 Å². The maximum atomic E-state index is 11.7. The van der Waals surface area contributed by atoms with Crippen LogP contribution < -0.4 is 0 Å². The third-order valence-electron chi connectivity index (χ3n) is 8.36. The molecule has 6 atom stereocenters. The molecule has 3 fully saturated rings. The molecule has 0 bridgehead atoms. The van der Waals surface area contributed by atoms with E-state index >= 15 is 0 Å². The van der Waals surface area contributed by atoms with Gasteiger partial charge in [0.1, 0.15) is 0 Å². The molecule has 0 heterocycles. The van der Waals surface area contributed by atoms with E-state index < -0.39 is 33.7 Å². The van der Waals surface area contributed by atoms with Gasteiger partial charge in [-0.25, -0.2) is 0 Å². The Labute approximate surface area is 145 Å². The molecular weight excluding hydrogens is 304 g/mol. The van der Waals surface area contributed by atoms with E-state index in [1.165, 1.54) is 0 Å². The summed E-state index contributed by atoms with van der Waals surface area (Å²) in [6.07, 6.45) is 3.01. The molecule has 4 nitrogen and oxygen atoms in total. The van der Waals surface area contributed by atoms with Crippen molar-refractivity contribution in [1.82, 2.24) is 0 Å². The summed E-state index contributed by atoms with van der Waals surface area (Å²) in [5.41, 5.74) is -4.19. The van der Waals surface area contributed by atoms with Crippen LogP contribution in [0.5, 0.6) is 0 Å². The van der Waals surface area contributed by atoms with Crippen LogP contribution in [-0.4, -0.2) is 43.3 Å². The summed E-state index contributed by atoms with van der Waals surface area (Å²) in [6.45, 7) is 11.9. The highest BCUT2D eigenvalue weighted by Crippen LogP contribution is 2.67. The highest BCUT2D eigenvalue weighted by Gasteiger charge is 2.71. The van der Waals surface area contributed by atoms with Crippen molar-refractivity contribution in [2.75, 3.05) is 0 Å². The molecule has 4 heteroatoms. The molecule has 3 saturated carbocycles. The van der Waals surface area contributed by atoms with Crippen molar-refractivity contribution >= 4 is 0 Å². The van der Waals surface area contributed by atoms with Gasteiger partial charge in [0.25, 0.3) is 0 Å². The molecule has 0 spiro atoms. The van der Waals surface area contributed by atoms with Gasteiger partial charge >= 0.3 is 0 Å². The monoisotopic (exact) mass is 338 g/mol. The fourth-order valence-electron chi connectivity index (χ4n) is 6.14. The lowest BCUT2D eigenvalue weighted by Gasteiger charge is -2.53. The van der Waals surface area contributed by atoms with Crippen molar-refractivity contribution in [2.45, 2.75) is 95.5 Å². The van der Waals surface area contributed by atoms with Crippen LogP contribution in [0.1, 0.15) is 72.6 Å². The number of rotatable bonds is 1. The van der Waals surface area contributed by atoms with Crippen molar-refractivity contribution < 1.29 is 20.4 Å². The topological polar surface area (TPSA) is 80.9 Å². The lowest BCUT2D eigenvalue weighted by molar-refractivity contribution is -0.201. The fourth-order valence-corrected chi connectivity index (χ4v) is 6.14. The van der Waals surface area contributed by atoms with E-state index in [1.807, 2.05) is 27.7 Å². The predicted octanol–water partition coefficient (Wildman–Crippen LogP) is 2.54. The van der Waals surface area contributed by atoms with Crippen LogP contribution in [-0.2, 0) is 0 Å². The average molecular weight is 338 g/mol. The van der Waals surface area contributed by atoms with Crippen molar-refractivity contribution in [3.05, 3.63) is 12.2 Å². The van der Waals surface area contributed by atoms with E-state index in [4.69, 9.17) is 0 Å². The second kappa shape index (κ2) is 5.06. The summed E-state index contributed by atoms with van der Waals surface area (Å²) in [5, 5.41) is 45.4. The normalized spacial score (nSPS) is 55.2. The Bertz CT molecular complexity index is 560. The standard InChI is InChI=1S/C20H34O4/c1-13(2)18(22)10-8-16(4)12-19(23)14(3)6-7-15(21)17(19,5)9-11-20(16,18)24/h13,15,21-24H,3,6-12H2,1-2,4-5H3. The first-order valence-electron chi connectivity index (χ1n) is 9.40. The first-order chi connectivity index (χ1) is 10.9. The van der Waals surface area contributed by atoms with Gasteiger partial charge in [0, 0.05) is 10.8 Å². The van der Waals surface area contributed by atoms with Crippen LogP contribution in [0.2, 0.25) is 0 Å².